The van der Waals surface area contributed by atoms with Crippen LogP contribution >= 0.6 is 0 Å². The third-order valence-electron chi connectivity index (χ3n) is 5.38. The molecule has 2 N–H and O–H groups in total. The maximum atomic E-state index is 12.4. The van der Waals surface area contributed by atoms with Crippen molar-refractivity contribution in [2.75, 3.05) is 5.32 Å². The zero-order chi connectivity index (χ0) is 20.3. The van der Waals surface area contributed by atoms with Crippen LogP contribution in [0.3, 0.4) is 0 Å². The molecule has 2 aromatic carbocycles. The molecule has 4 heteroatoms. The van der Waals surface area contributed by atoms with Gasteiger partial charge in [-0.3, -0.25) is 0 Å². The number of urea groups is 1. The van der Waals surface area contributed by atoms with Crippen molar-refractivity contribution in [3.8, 4) is 0 Å². The number of benzene rings is 2. The van der Waals surface area contributed by atoms with Gasteiger partial charge in [-0.05, 0) is 80.6 Å². The van der Waals surface area contributed by atoms with Gasteiger partial charge in [0.25, 0.3) is 0 Å². The van der Waals surface area contributed by atoms with E-state index in [2.05, 4.69) is 60.4 Å². The van der Waals surface area contributed by atoms with Crippen molar-refractivity contribution in [3.05, 3.63) is 87.7 Å². The minimum absolute atomic E-state index is 0.191. The van der Waals surface area contributed by atoms with Gasteiger partial charge in [-0.1, -0.05) is 29.8 Å². The van der Waals surface area contributed by atoms with Crippen LogP contribution in [0.15, 0.2) is 48.7 Å². The van der Waals surface area contributed by atoms with Crippen molar-refractivity contribution in [1.29, 1.82) is 0 Å². The van der Waals surface area contributed by atoms with Crippen LogP contribution in [0, 0.1) is 34.6 Å². The Morgan fingerprint density at radius 2 is 1.64 bits per heavy atom. The predicted octanol–water partition coefficient (Wildman–Crippen LogP) is 5.40. The number of rotatable bonds is 5. The largest absolute Gasteiger partial charge is 0.345 e. The Morgan fingerprint density at radius 1 is 0.929 bits per heavy atom. The number of carbonyl (C=O) groups excluding carboxylic acids is 1. The zero-order valence-electron chi connectivity index (χ0n) is 17.4. The molecule has 0 radical (unpaired) electrons. The lowest BCUT2D eigenvalue weighted by Gasteiger charge is -2.16. The summed E-state index contributed by atoms with van der Waals surface area (Å²) in [4.78, 5) is 12.4. The van der Waals surface area contributed by atoms with Crippen molar-refractivity contribution in [3.63, 3.8) is 0 Å². The van der Waals surface area contributed by atoms with Crippen LogP contribution in [0.2, 0.25) is 0 Å². The SMILES string of the molecule is Cc1cc(C)c(Cn2cccc2CNC(=O)Nc2cccc(C)c2C)c(C)c1. The first-order valence-corrected chi connectivity index (χ1v) is 9.67. The molecule has 0 aliphatic heterocycles. The van der Waals surface area contributed by atoms with Crippen molar-refractivity contribution in [2.24, 2.45) is 0 Å². The third kappa shape index (κ3) is 4.45. The molecule has 0 saturated heterocycles. The Labute approximate surface area is 167 Å². The number of hydrogen-bond donors (Lipinski definition) is 2. The first-order valence-electron chi connectivity index (χ1n) is 9.67. The van der Waals surface area contributed by atoms with Crippen LogP contribution < -0.4 is 10.6 Å². The number of hydrogen-bond acceptors (Lipinski definition) is 1. The maximum absolute atomic E-state index is 12.4. The number of aryl methyl sites for hydroxylation is 4. The van der Waals surface area contributed by atoms with Crippen molar-refractivity contribution in [2.45, 2.75) is 47.7 Å². The van der Waals surface area contributed by atoms with Gasteiger partial charge in [-0.25, -0.2) is 4.79 Å². The molecule has 0 unspecified atom stereocenters. The molecule has 0 fully saturated rings. The lowest BCUT2D eigenvalue weighted by Crippen LogP contribution is -2.29. The topological polar surface area (TPSA) is 46.1 Å². The van der Waals surface area contributed by atoms with Crippen LogP contribution in [-0.2, 0) is 13.1 Å². The number of nitrogens with zero attached hydrogens (tertiary/aromatic N) is 1. The van der Waals surface area contributed by atoms with Gasteiger partial charge in [0, 0.05) is 24.1 Å². The quantitative estimate of drug-likeness (QED) is 0.616. The number of nitrogens with one attached hydrogen (secondary N) is 2. The van der Waals surface area contributed by atoms with E-state index in [0.717, 1.165) is 29.1 Å². The second kappa shape index (κ2) is 8.34. The third-order valence-corrected chi connectivity index (χ3v) is 5.38. The maximum Gasteiger partial charge on any atom is 0.319 e. The molecule has 1 aromatic heterocycles. The van der Waals surface area contributed by atoms with Crippen LogP contribution in [0.4, 0.5) is 10.5 Å². The van der Waals surface area contributed by atoms with Gasteiger partial charge in [0.1, 0.15) is 0 Å². The summed E-state index contributed by atoms with van der Waals surface area (Å²) < 4.78 is 2.20. The standard InChI is InChI=1S/C24H29N3O/c1-16-12-18(3)22(19(4)13-16)15-27-11-7-9-21(27)14-25-24(28)26-23-10-6-8-17(2)20(23)5/h6-13H,14-15H2,1-5H3,(H2,25,26,28). The van der Waals surface area contributed by atoms with Gasteiger partial charge in [-0.15, -0.1) is 0 Å². The molecule has 0 atom stereocenters. The highest BCUT2D eigenvalue weighted by Crippen LogP contribution is 2.19. The molecule has 0 aliphatic rings. The molecule has 146 valence electrons. The number of carbonyl (C=O) groups is 1. The summed E-state index contributed by atoms with van der Waals surface area (Å²) >= 11 is 0. The summed E-state index contributed by atoms with van der Waals surface area (Å²) in [5, 5.41) is 5.92. The Kier molecular flexibility index (Phi) is 5.88. The minimum atomic E-state index is -0.191. The fourth-order valence-corrected chi connectivity index (χ4v) is 3.62. The van der Waals surface area contributed by atoms with E-state index < -0.39 is 0 Å². The average Bonchev–Trinajstić information content (AvgIpc) is 3.07. The Balaban J connectivity index is 1.66. The van der Waals surface area contributed by atoms with E-state index in [-0.39, 0.29) is 6.03 Å². The second-order valence-corrected chi connectivity index (χ2v) is 7.56. The zero-order valence-corrected chi connectivity index (χ0v) is 17.4. The molecule has 28 heavy (non-hydrogen) atoms. The van der Waals surface area contributed by atoms with Crippen molar-refractivity contribution in [1.82, 2.24) is 9.88 Å². The average molecular weight is 376 g/mol. The minimum Gasteiger partial charge on any atom is -0.345 e. The van der Waals surface area contributed by atoms with Gasteiger partial charge >= 0.3 is 6.03 Å². The molecule has 0 saturated carbocycles. The van der Waals surface area contributed by atoms with E-state index in [1.807, 2.05) is 38.1 Å². The van der Waals surface area contributed by atoms with Gasteiger partial charge in [0.2, 0.25) is 0 Å². The fraction of sp³-hybridized carbons (Fsp3) is 0.292. The Hall–Kier alpha value is -3.01. The van der Waals surface area contributed by atoms with Crippen LogP contribution in [0.25, 0.3) is 0 Å². The highest BCUT2D eigenvalue weighted by molar-refractivity contribution is 5.90. The normalized spacial score (nSPS) is 10.8. The summed E-state index contributed by atoms with van der Waals surface area (Å²) in [7, 11) is 0. The van der Waals surface area contributed by atoms with Gasteiger partial charge in [0.05, 0.1) is 6.54 Å². The van der Waals surface area contributed by atoms with Crippen molar-refractivity contribution >= 4 is 11.7 Å². The lowest BCUT2D eigenvalue weighted by atomic mass is 10.00. The van der Waals surface area contributed by atoms with Crippen molar-refractivity contribution < 1.29 is 4.79 Å². The van der Waals surface area contributed by atoms with E-state index in [4.69, 9.17) is 0 Å². The highest BCUT2D eigenvalue weighted by atomic mass is 16.2. The molecule has 2 amide bonds. The number of aromatic nitrogens is 1. The molecule has 0 aliphatic carbocycles. The fourth-order valence-electron chi connectivity index (χ4n) is 3.62. The lowest BCUT2D eigenvalue weighted by molar-refractivity contribution is 0.251. The van der Waals surface area contributed by atoms with Crippen LogP contribution in [0.5, 0.6) is 0 Å². The summed E-state index contributed by atoms with van der Waals surface area (Å²) in [5.41, 5.74) is 9.41. The van der Waals surface area contributed by atoms with Gasteiger partial charge < -0.3 is 15.2 Å². The molecule has 0 spiro atoms. The Morgan fingerprint density at radius 3 is 2.36 bits per heavy atom. The molecule has 1 heterocycles. The van der Waals surface area contributed by atoms with Gasteiger partial charge in [0.15, 0.2) is 0 Å². The van der Waals surface area contributed by atoms with E-state index in [1.54, 1.807) is 0 Å². The molecule has 3 rings (SSSR count). The van der Waals surface area contributed by atoms with Gasteiger partial charge in [-0.2, -0.15) is 0 Å². The predicted molar refractivity (Wildman–Crippen MR) is 116 cm³/mol. The van der Waals surface area contributed by atoms with E-state index in [9.17, 15) is 4.79 Å². The smallest absolute Gasteiger partial charge is 0.319 e. The first-order chi connectivity index (χ1) is 13.3. The molecular formula is C24H29N3O. The molecular weight excluding hydrogens is 346 g/mol. The summed E-state index contributed by atoms with van der Waals surface area (Å²) in [5.74, 6) is 0. The first kappa shape index (κ1) is 19.7. The highest BCUT2D eigenvalue weighted by Gasteiger charge is 2.10. The number of anilines is 1. The Bertz CT molecular complexity index is 978. The molecule has 3 aromatic rings. The van der Waals surface area contributed by atoms with Crippen LogP contribution in [-0.4, -0.2) is 10.6 Å². The monoisotopic (exact) mass is 375 g/mol. The molecule has 0 bridgehead atoms. The number of amides is 2. The van der Waals surface area contributed by atoms with Crippen LogP contribution in [0.1, 0.15) is 39.1 Å². The summed E-state index contributed by atoms with van der Waals surface area (Å²) in [6.45, 7) is 11.8. The second-order valence-electron chi connectivity index (χ2n) is 7.56. The molecule has 4 nitrogen and oxygen atoms in total. The summed E-state index contributed by atoms with van der Waals surface area (Å²) in [6, 6.07) is 14.3. The van der Waals surface area contributed by atoms with E-state index >= 15 is 0 Å². The summed E-state index contributed by atoms with van der Waals surface area (Å²) in [6.07, 6.45) is 2.07. The van der Waals surface area contributed by atoms with E-state index in [1.165, 1.54) is 22.3 Å². The van der Waals surface area contributed by atoms with E-state index in [0.29, 0.717) is 6.54 Å².